The minimum atomic E-state index is -4.50. The molecule has 8 heteroatoms. The Kier molecular flexibility index (Phi) is 4.34. The van der Waals surface area contributed by atoms with Crippen molar-refractivity contribution in [1.29, 1.82) is 0 Å². The van der Waals surface area contributed by atoms with Crippen molar-refractivity contribution in [2.75, 3.05) is 6.61 Å². The third-order valence-corrected chi connectivity index (χ3v) is 3.68. The number of alkyl halides is 3. The van der Waals surface area contributed by atoms with Crippen molar-refractivity contribution in [2.24, 2.45) is 0 Å². The Morgan fingerprint density at radius 2 is 2.22 bits per heavy atom. The third kappa shape index (κ3) is 3.21. The zero-order valence-corrected chi connectivity index (χ0v) is 12.7. The Morgan fingerprint density at radius 1 is 1.39 bits per heavy atom. The quantitative estimate of drug-likeness (QED) is 0.861. The molecule has 1 fully saturated rings. The second-order valence-electron chi connectivity index (χ2n) is 5.42. The Morgan fingerprint density at radius 3 is 2.87 bits per heavy atom. The minimum absolute atomic E-state index is 0.00289. The Labute approximate surface area is 131 Å². The van der Waals surface area contributed by atoms with Gasteiger partial charge in [-0.2, -0.15) is 13.2 Å². The molecule has 1 unspecified atom stereocenters. The summed E-state index contributed by atoms with van der Waals surface area (Å²) in [4.78, 5) is 8.18. The Bertz CT molecular complexity index is 678. The highest BCUT2D eigenvalue weighted by molar-refractivity contribution is 5.55. The summed E-state index contributed by atoms with van der Waals surface area (Å²) < 4.78 is 46.7. The van der Waals surface area contributed by atoms with Crippen LogP contribution in [0.15, 0.2) is 18.3 Å². The summed E-state index contributed by atoms with van der Waals surface area (Å²) in [6.07, 6.45) is -0.870. The maximum absolute atomic E-state index is 13.2. The summed E-state index contributed by atoms with van der Waals surface area (Å²) in [6, 6.07) is 2.25. The molecule has 1 aliphatic heterocycles. The highest BCUT2D eigenvalue weighted by Crippen LogP contribution is 2.35. The highest BCUT2D eigenvalue weighted by atomic mass is 19.4. The molecular weight excluding hydrogens is 309 g/mol. The lowest BCUT2D eigenvalue weighted by Crippen LogP contribution is -2.09. The minimum Gasteiger partial charge on any atom is -0.370 e. The molecule has 1 saturated heterocycles. The fourth-order valence-corrected chi connectivity index (χ4v) is 2.66. The summed E-state index contributed by atoms with van der Waals surface area (Å²) in [5.74, 6) is 0.579. The van der Waals surface area contributed by atoms with Gasteiger partial charge in [-0.25, -0.2) is 9.67 Å². The number of aryl methyl sites for hydroxylation is 1. The largest absolute Gasteiger partial charge is 0.418 e. The maximum Gasteiger partial charge on any atom is 0.418 e. The van der Waals surface area contributed by atoms with E-state index in [-0.39, 0.29) is 17.6 Å². The lowest BCUT2D eigenvalue weighted by molar-refractivity contribution is -0.137. The van der Waals surface area contributed by atoms with Crippen LogP contribution in [0.2, 0.25) is 0 Å². The van der Waals surface area contributed by atoms with Crippen molar-refractivity contribution < 1.29 is 17.9 Å². The number of nitrogens with zero attached hydrogens (tertiary/aromatic N) is 4. The maximum atomic E-state index is 13.2. The molecular formula is C15H17F3N4O. The van der Waals surface area contributed by atoms with Crippen molar-refractivity contribution in [1.82, 2.24) is 19.7 Å². The fraction of sp³-hybridized carbons (Fsp3) is 0.533. The molecule has 0 radical (unpaired) electrons. The van der Waals surface area contributed by atoms with Crippen LogP contribution in [0.4, 0.5) is 13.2 Å². The van der Waals surface area contributed by atoms with Crippen molar-refractivity contribution in [3.63, 3.8) is 0 Å². The predicted molar refractivity (Wildman–Crippen MR) is 76.5 cm³/mol. The van der Waals surface area contributed by atoms with Gasteiger partial charge in [0.1, 0.15) is 11.8 Å². The number of ether oxygens (including phenoxy) is 1. The number of pyridine rings is 1. The normalized spacial score (nSPS) is 18.5. The first-order valence-corrected chi connectivity index (χ1v) is 7.59. The fourth-order valence-electron chi connectivity index (χ4n) is 2.66. The van der Waals surface area contributed by atoms with E-state index in [9.17, 15) is 13.2 Å². The van der Waals surface area contributed by atoms with Gasteiger partial charge < -0.3 is 4.74 Å². The van der Waals surface area contributed by atoms with Crippen molar-refractivity contribution in [3.05, 3.63) is 29.7 Å². The summed E-state index contributed by atoms with van der Waals surface area (Å²) in [5, 5.41) is 4.25. The molecule has 0 N–H and O–H groups in total. The van der Waals surface area contributed by atoms with Crippen LogP contribution in [0.5, 0.6) is 0 Å². The molecule has 1 aliphatic rings. The molecule has 124 valence electrons. The smallest absolute Gasteiger partial charge is 0.370 e. The van der Waals surface area contributed by atoms with E-state index < -0.39 is 11.7 Å². The molecule has 1 atom stereocenters. The third-order valence-electron chi connectivity index (χ3n) is 3.68. The SMILES string of the molecule is CCCn1nc(-c2ncccc2C(F)(F)F)nc1C1CCCO1. The zero-order chi connectivity index (χ0) is 16.4. The molecule has 0 spiro atoms. The summed E-state index contributed by atoms with van der Waals surface area (Å²) in [6.45, 7) is 3.19. The predicted octanol–water partition coefficient (Wildman–Crippen LogP) is 3.62. The molecule has 2 aromatic heterocycles. The number of rotatable bonds is 4. The van der Waals surface area contributed by atoms with E-state index in [2.05, 4.69) is 15.1 Å². The summed E-state index contributed by atoms with van der Waals surface area (Å²) >= 11 is 0. The van der Waals surface area contributed by atoms with Gasteiger partial charge in [0.15, 0.2) is 5.82 Å². The lowest BCUT2D eigenvalue weighted by atomic mass is 10.2. The summed E-state index contributed by atoms with van der Waals surface area (Å²) in [5.41, 5.74) is -1.07. The monoisotopic (exact) mass is 326 g/mol. The van der Waals surface area contributed by atoms with Crippen LogP contribution < -0.4 is 0 Å². The van der Waals surface area contributed by atoms with E-state index in [4.69, 9.17) is 4.74 Å². The molecule has 0 saturated carbocycles. The van der Waals surface area contributed by atoms with Gasteiger partial charge >= 0.3 is 6.18 Å². The molecule has 5 nitrogen and oxygen atoms in total. The van der Waals surface area contributed by atoms with E-state index in [0.29, 0.717) is 19.0 Å². The second kappa shape index (κ2) is 6.27. The number of hydrogen-bond acceptors (Lipinski definition) is 4. The van der Waals surface area contributed by atoms with Crippen LogP contribution in [-0.4, -0.2) is 26.4 Å². The van der Waals surface area contributed by atoms with Crippen LogP contribution in [0, 0.1) is 0 Å². The molecule has 23 heavy (non-hydrogen) atoms. The summed E-state index contributed by atoms with van der Waals surface area (Å²) in [7, 11) is 0. The second-order valence-corrected chi connectivity index (χ2v) is 5.42. The van der Waals surface area contributed by atoms with Crippen molar-refractivity contribution in [2.45, 2.75) is 45.0 Å². The van der Waals surface area contributed by atoms with Gasteiger partial charge in [0, 0.05) is 19.3 Å². The first-order chi connectivity index (χ1) is 11.0. The van der Waals surface area contributed by atoms with Crippen LogP contribution >= 0.6 is 0 Å². The van der Waals surface area contributed by atoms with Crippen molar-refractivity contribution >= 4 is 0 Å². The van der Waals surface area contributed by atoms with Gasteiger partial charge in [-0.3, -0.25) is 4.98 Å². The molecule has 0 aliphatic carbocycles. The average molecular weight is 326 g/mol. The topological polar surface area (TPSA) is 52.8 Å². The Hall–Kier alpha value is -1.96. The van der Waals surface area contributed by atoms with E-state index in [1.807, 2.05) is 6.92 Å². The van der Waals surface area contributed by atoms with Crippen molar-refractivity contribution in [3.8, 4) is 11.5 Å². The van der Waals surface area contributed by atoms with Gasteiger partial charge in [-0.05, 0) is 31.4 Å². The van der Waals surface area contributed by atoms with Crippen LogP contribution in [0.1, 0.15) is 43.7 Å². The zero-order valence-electron chi connectivity index (χ0n) is 12.7. The van der Waals surface area contributed by atoms with Gasteiger partial charge in [0.2, 0.25) is 5.82 Å². The van der Waals surface area contributed by atoms with Gasteiger partial charge in [0.05, 0.1) is 5.56 Å². The molecule has 3 rings (SSSR count). The van der Waals surface area contributed by atoms with E-state index in [1.54, 1.807) is 4.68 Å². The van der Waals surface area contributed by atoms with Crippen LogP contribution in [-0.2, 0) is 17.5 Å². The van der Waals surface area contributed by atoms with Gasteiger partial charge in [0.25, 0.3) is 0 Å². The first-order valence-electron chi connectivity index (χ1n) is 7.59. The van der Waals surface area contributed by atoms with Crippen LogP contribution in [0.3, 0.4) is 0 Å². The number of aromatic nitrogens is 4. The van der Waals surface area contributed by atoms with Crippen LogP contribution in [0.25, 0.3) is 11.5 Å². The lowest BCUT2D eigenvalue weighted by Gasteiger charge is -2.09. The molecule has 0 bridgehead atoms. The molecule has 0 amide bonds. The highest BCUT2D eigenvalue weighted by Gasteiger charge is 2.36. The molecule has 0 aromatic carbocycles. The standard InChI is InChI=1S/C15H17F3N4O/c1-2-8-22-14(11-6-4-9-23-11)20-13(21-22)12-10(15(16,17)18)5-3-7-19-12/h3,5,7,11H,2,4,6,8-9H2,1H3. The average Bonchev–Trinajstić information content (AvgIpc) is 3.15. The number of halogens is 3. The Balaban J connectivity index is 2.05. The molecule has 2 aromatic rings. The van der Waals surface area contributed by atoms with E-state index >= 15 is 0 Å². The first kappa shape index (κ1) is 15.9. The van der Waals surface area contributed by atoms with E-state index in [1.165, 1.54) is 12.3 Å². The van der Waals surface area contributed by atoms with Gasteiger partial charge in [-0.1, -0.05) is 6.92 Å². The molecule has 3 heterocycles. The number of hydrogen-bond donors (Lipinski definition) is 0. The van der Waals surface area contributed by atoms with Gasteiger partial charge in [-0.15, -0.1) is 5.10 Å². The van der Waals surface area contributed by atoms with E-state index in [0.717, 1.165) is 25.3 Å².